The minimum atomic E-state index is -0.552. The highest BCUT2D eigenvalue weighted by Gasteiger charge is 2.21. The molecule has 0 saturated carbocycles. The number of amides is 3. The molecule has 0 unspecified atom stereocenters. The van der Waals surface area contributed by atoms with Crippen molar-refractivity contribution < 1.29 is 37.4 Å². The summed E-state index contributed by atoms with van der Waals surface area (Å²) in [4.78, 5) is 89.8. The third kappa shape index (κ3) is 22.7. The number of nitrogens with two attached hydrogens (primary N) is 2. The van der Waals surface area contributed by atoms with Crippen LogP contribution in [0.4, 0.5) is 35.0 Å². The topological polar surface area (TPSA) is 485 Å². The lowest BCUT2D eigenvalue weighted by molar-refractivity contribution is -0.129. The Balaban J connectivity index is 0.000000136. The van der Waals surface area contributed by atoms with Gasteiger partial charge in [0.15, 0.2) is 29.1 Å². The Morgan fingerprint density at radius 3 is 1.37 bits per heavy atom. The number of fused-ring (bicyclic) bond motifs is 5. The van der Waals surface area contributed by atoms with Crippen molar-refractivity contribution in [1.29, 1.82) is 0 Å². The van der Waals surface area contributed by atoms with Crippen LogP contribution < -0.4 is 48.1 Å². The third-order valence-electron chi connectivity index (χ3n) is 19.3. The normalized spacial score (nSPS) is 11.0. The quantitative estimate of drug-likeness (QED) is 0.0194. The number of hydrogen-bond donors (Lipinski definition) is 8. The van der Waals surface area contributed by atoms with E-state index in [1.54, 1.807) is 63.3 Å². The summed E-state index contributed by atoms with van der Waals surface area (Å²) in [5.74, 6) is 9.05. The molecular weight excluding hydrogens is 1610 g/mol. The second-order valence-electron chi connectivity index (χ2n) is 29.4. The van der Waals surface area contributed by atoms with E-state index in [0.717, 1.165) is 155 Å². The van der Waals surface area contributed by atoms with Gasteiger partial charge in [-0.15, -0.1) is 5.10 Å². The highest BCUT2D eigenvalue weighted by Crippen LogP contribution is 2.30. The largest absolute Gasteiger partial charge is 0.495 e. The first-order valence-corrected chi connectivity index (χ1v) is 40.5. The van der Waals surface area contributed by atoms with Crippen LogP contribution in [0.2, 0.25) is 0 Å². The maximum Gasteiger partial charge on any atom is 0.267 e. The molecule has 16 aromatic heterocycles. The highest BCUT2D eigenvalue weighted by molar-refractivity contribution is 5.92. The third-order valence-corrected chi connectivity index (χ3v) is 19.3. The number of carbonyl (C=O) groups excluding carboxylic acids is 3. The van der Waals surface area contributed by atoms with E-state index in [1.807, 2.05) is 201 Å². The Kier molecular flexibility index (Phi) is 28.9. The molecule has 652 valence electrons. The van der Waals surface area contributed by atoms with Crippen LogP contribution in [0.25, 0.3) is 60.9 Å². The lowest BCUT2D eigenvalue weighted by Crippen LogP contribution is -2.26. The Morgan fingerprint density at radius 2 is 0.929 bits per heavy atom. The van der Waals surface area contributed by atoms with E-state index in [0.29, 0.717) is 87.2 Å². The van der Waals surface area contributed by atoms with E-state index in [2.05, 4.69) is 129 Å². The van der Waals surface area contributed by atoms with Crippen molar-refractivity contribution in [1.82, 2.24) is 123 Å². The molecule has 17 aromatic rings. The van der Waals surface area contributed by atoms with E-state index in [-0.39, 0.29) is 36.5 Å². The molecule has 3 amide bonds. The number of primary amides is 1. The first-order valence-electron chi connectivity index (χ1n) is 40.5. The number of pyridine rings is 2. The number of anilines is 6. The Bertz CT molecular complexity index is 6550. The molecule has 0 aliphatic rings. The number of methoxy groups -OCH3 is 2. The van der Waals surface area contributed by atoms with Crippen molar-refractivity contribution in [2.45, 2.75) is 121 Å². The van der Waals surface area contributed by atoms with Gasteiger partial charge in [0.1, 0.15) is 115 Å². The van der Waals surface area contributed by atoms with E-state index in [4.69, 9.17) is 34.5 Å². The predicted molar refractivity (Wildman–Crippen MR) is 475 cm³/mol. The van der Waals surface area contributed by atoms with Crippen LogP contribution in [0, 0.1) is 48.5 Å². The van der Waals surface area contributed by atoms with Crippen LogP contribution in [0.5, 0.6) is 5.75 Å². The number of aryl methyl sites for hydroxylation is 7. The Labute approximate surface area is 723 Å². The minimum absolute atomic E-state index is 0.0240. The second kappa shape index (κ2) is 41.3. The standard InChI is InChI=1S/C21H20N8O.C19H19N7O2.C18H19N7O2.C14H21N5O2.C14H21N5O/c1-14-10-16(26-30-14)11-22-21-20-19(23-15(2)24-21)8-9-28(20)12-17-13-29(27-25-17)18-6-4-3-5-7-18;1-11-8-14(25-28-11)9-21-19-17-15(22-12(2)23-19)6-7-26(17)10-13-4-3-5-16(24-13)18(20)27;1-11-7-13(24-27-11)8-21-17-16-15(22-18(19)23-17)5-6-25(16)10-12-3-4-14(26-2)9-20-12;1-10-16-11-5-7-19(9-12(20)18(2)3)13(11)14(17-10)15-6-8-21-4;1-4-5-7-16-14-13-11(17-10(2)18-14)6-8-19(13)9-12(20)15-3/h3-10,13H,11-12H2,1-2H3,(H,22,23,24);3-8H,9-10H2,1-2H3,(H2,20,27)(H,21,22,23);3-7,9H,8,10H2,1-2H3,(H3,19,21,22,23);5,7H,6,8-9H2,1-4H3,(H,15,16,17);6,8H,4-5,7,9H2,1-3H3,(H,15,20)(H,16,17,18). The number of para-hydroxylation sites is 1. The van der Waals surface area contributed by atoms with Gasteiger partial charge in [0.2, 0.25) is 17.8 Å². The number of aromatic nitrogens is 23. The summed E-state index contributed by atoms with van der Waals surface area (Å²) >= 11 is 0. The van der Waals surface area contributed by atoms with Gasteiger partial charge in [-0.05, 0) is 122 Å². The Morgan fingerprint density at radius 1 is 0.476 bits per heavy atom. The Hall–Kier alpha value is -15.6. The van der Waals surface area contributed by atoms with Gasteiger partial charge in [-0.3, -0.25) is 19.4 Å². The fourth-order valence-corrected chi connectivity index (χ4v) is 13.4. The number of nitrogens with zero attached hydrogens (tertiary/aromatic N) is 24. The van der Waals surface area contributed by atoms with Crippen molar-refractivity contribution in [2.24, 2.45) is 5.73 Å². The van der Waals surface area contributed by atoms with Crippen LogP contribution in [-0.4, -0.2) is 191 Å². The number of hydrogen-bond acceptors (Lipinski definition) is 31. The van der Waals surface area contributed by atoms with Gasteiger partial charge in [-0.25, -0.2) is 54.5 Å². The lowest BCUT2D eigenvalue weighted by Gasteiger charge is -2.13. The van der Waals surface area contributed by atoms with Crippen molar-refractivity contribution in [2.75, 3.05) is 87.4 Å². The second-order valence-corrected chi connectivity index (χ2v) is 29.4. The molecule has 0 atom stereocenters. The molecule has 0 fully saturated rings. The van der Waals surface area contributed by atoms with E-state index in [1.165, 1.54) is 0 Å². The first-order chi connectivity index (χ1) is 60.9. The van der Waals surface area contributed by atoms with Crippen LogP contribution in [0.15, 0.2) is 166 Å². The molecule has 0 bridgehead atoms. The van der Waals surface area contributed by atoms with Gasteiger partial charge in [0, 0.05) is 90.5 Å². The highest BCUT2D eigenvalue weighted by atomic mass is 16.5. The van der Waals surface area contributed by atoms with Gasteiger partial charge < -0.3 is 94.1 Å². The summed E-state index contributed by atoms with van der Waals surface area (Å²) in [7, 11) is 8.39. The number of carbonyl (C=O) groups is 3. The lowest BCUT2D eigenvalue weighted by atomic mass is 10.3. The molecule has 0 saturated heterocycles. The number of benzene rings is 1. The van der Waals surface area contributed by atoms with E-state index in [9.17, 15) is 14.4 Å². The van der Waals surface area contributed by atoms with Gasteiger partial charge in [0.25, 0.3) is 5.91 Å². The molecule has 0 spiro atoms. The molecule has 16 heterocycles. The number of nitrogen functional groups attached to an aromatic ring is 1. The molecule has 0 aliphatic heterocycles. The zero-order valence-electron chi connectivity index (χ0n) is 72.3. The number of ether oxygens (including phenoxy) is 2. The summed E-state index contributed by atoms with van der Waals surface area (Å²) in [6.07, 6.45) is 15.4. The molecule has 17 rings (SSSR count). The summed E-state index contributed by atoms with van der Waals surface area (Å²) in [6, 6.07) is 34.2. The number of unbranched alkanes of at least 4 members (excludes halogenated alkanes) is 1. The maximum atomic E-state index is 11.9. The number of nitrogens with one attached hydrogen (secondary N) is 6. The monoisotopic (exact) mass is 1710 g/mol. The van der Waals surface area contributed by atoms with Crippen molar-refractivity contribution in [3.63, 3.8) is 0 Å². The number of rotatable bonds is 30. The fourth-order valence-electron chi connectivity index (χ4n) is 13.4. The fraction of sp³-hybridized carbons (Fsp3) is 0.302. The molecule has 0 aliphatic carbocycles. The summed E-state index contributed by atoms with van der Waals surface area (Å²) in [6.45, 7) is 20.9. The van der Waals surface area contributed by atoms with E-state index >= 15 is 0 Å². The van der Waals surface area contributed by atoms with Crippen molar-refractivity contribution >= 4 is 108 Å². The van der Waals surface area contributed by atoms with Crippen LogP contribution in [0.1, 0.15) is 105 Å². The van der Waals surface area contributed by atoms with Crippen molar-refractivity contribution in [3.8, 4) is 11.4 Å². The van der Waals surface area contributed by atoms with Crippen molar-refractivity contribution in [3.05, 3.63) is 233 Å². The maximum absolute atomic E-state index is 11.9. The summed E-state index contributed by atoms with van der Waals surface area (Å²) in [5, 5.41) is 39.8. The summed E-state index contributed by atoms with van der Waals surface area (Å²) in [5.41, 5.74) is 25.7. The van der Waals surface area contributed by atoms with Crippen LogP contribution in [0.3, 0.4) is 0 Å². The predicted octanol–water partition coefficient (Wildman–Crippen LogP) is 10.4. The first kappa shape index (κ1) is 88.2. The molecule has 0 radical (unpaired) electrons. The van der Waals surface area contributed by atoms with Crippen LogP contribution in [-0.2, 0) is 66.7 Å². The number of likely N-dealkylation sites (N-methyl/N-ethyl adjacent to an activating group) is 2. The van der Waals surface area contributed by atoms with E-state index < -0.39 is 5.91 Å². The zero-order chi connectivity index (χ0) is 88.9. The molecule has 40 nitrogen and oxygen atoms in total. The molecule has 10 N–H and O–H groups in total. The van der Waals surface area contributed by atoms with Gasteiger partial charge in [-0.1, -0.05) is 58.3 Å². The summed E-state index contributed by atoms with van der Waals surface area (Å²) < 4.78 is 37.2. The average molecular weight is 1710 g/mol. The van der Waals surface area contributed by atoms with Gasteiger partial charge in [-0.2, -0.15) is 4.98 Å². The average Bonchev–Trinajstić information content (AvgIpc) is 1.65. The van der Waals surface area contributed by atoms with Crippen LogP contribution >= 0.6 is 0 Å². The SMILES string of the molecule is CCCCNc1nc(C)nc2ccn(CC(=O)NC)c12.COCCNc1nc(C)nc2ccn(CC(=O)N(C)C)c12.COc1ccc(Cn2ccc3nc(N)nc(NCc4cc(C)on4)c32)nc1.Cc1nc(NCc2cc(C)on2)c2c(ccn2Cc2cccc(C(N)=O)n2)n1.Cc1nc(NCc2cc(C)on2)c2c(ccn2Cc2cn(-c3ccccc3)nn2)n1. The molecular formula is C86H100N32O8. The molecule has 1 aromatic carbocycles. The zero-order valence-corrected chi connectivity index (χ0v) is 72.3. The minimum Gasteiger partial charge on any atom is -0.495 e. The van der Waals surface area contributed by atoms with Gasteiger partial charge in [0.05, 0.1) is 110 Å². The molecule has 126 heavy (non-hydrogen) atoms. The van der Waals surface area contributed by atoms with Gasteiger partial charge >= 0.3 is 0 Å². The molecule has 40 heteroatoms. The smallest absolute Gasteiger partial charge is 0.267 e.